The molecular weight excluding hydrogens is 266 g/mol. The van der Waals surface area contributed by atoms with Crippen LogP contribution < -0.4 is 5.32 Å². The highest BCUT2D eigenvalue weighted by Gasteiger charge is 2.39. The average molecular weight is 285 g/mol. The van der Waals surface area contributed by atoms with Gasteiger partial charge in [-0.2, -0.15) is 4.98 Å². The van der Waals surface area contributed by atoms with Crippen LogP contribution in [0.1, 0.15) is 54.2 Å². The summed E-state index contributed by atoms with van der Waals surface area (Å²) >= 11 is 0. The highest BCUT2D eigenvalue weighted by molar-refractivity contribution is 5.94. The normalized spacial score (nSPS) is 17.4. The van der Waals surface area contributed by atoms with E-state index in [-0.39, 0.29) is 5.91 Å². The third-order valence-electron chi connectivity index (χ3n) is 4.05. The van der Waals surface area contributed by atoms with E-state index >= 15 is 0 Å². The van der Waals surface area contributed by atoms with Gasteiger partial charge < -0.3 is 9.84 Å². The van der Waals surface area contributed by atoms with Crippen LogP contribution >= 0.6 is 0 Å². The summed E-state index contributed by atoms with van der Waals surface area (Å²) in [5.74, 6) is 1.05. The Bertz CT molecular complexity index is 615. The number of hydrogen-bond acceptors (Lipinski definition) is 4. The van der Waals surface area contributed by atoms with Crippen molar-refractivity contribution in [2.75, 3.05) is 0 Å². The van der Waals surface area contributed by atoms with Crippen molar-refractivity contribution < 1.29 is 9.32 Å². The largest absolute Gasteiger partial charge is 0.340 e. The summed E-state index contributed by atoms with van der Waals surface area (Å²) in [6.45, 7) is 1.77. The van der Waals surface area contributed by atoms with Gasteiger partial charge in [0.15, 0.2) is 5.82 Å². The van der Waals surface area contributed by atoms with Crippen molar-refractivity contribution in [1.82, 2.24) is 15.5 Å². The summed E-state index contributed by atoms with van der Waals surface area (Å²) in [7, 11) is 0. The molecule has 5 heteroatoms. The molecule has 1 aliphatic rings. The van der Waals surface area contributed by atoms with Crippen LogP contribution in [0.5, 0.6) is 0 Å². The molecule has 3 rings (SSSR count). The first-order chi connectivity index (χ1) is 10.2. The first-order valence-electron chi connectivity index (χ1n) is 7.38. The number of nitrogens with one attached hydrogen (secondary N) is 1. The number of amides is 1. The van der Waals surface area contributed by atoms with Crippen LogP contribution in [-0.4, -0.2) is 16.0 Å². The lowest BCUT2D eigenvalue weighted by Crippen LogP contribution is -2.48. The molecule has 0 atom stereocenters. The summed E-state index contributed by atoms with van der Waals surface area (Å²) in [6.07, 6.45) is 5.00. The maximum atomic E-state index is 12.5. The summed E-state index contributed by atoms with van der Waals surface area (Å²) < 4.78 is 5.12. The second kappa shape index (κ2) is 5.68. The van der Waals surface area contributed by atoms with Crippen LogP contribution in [0.15, 0.2) is 34.9 Å². The van der Waals surface area contributed by atoms with Gasteiger partial charge in [0.2, 0.25) is 5.89 Å². The maximum Gasteiger partial charge on any atom is 0.252 e. The van der Waals surface area contributed by atoms with E-state index in [0.29, 0.717) is 17.3 Å². The third-order valence-corrected chi connectivity index (χ3v) is 4.05. The summed E-state index contributed by atoms with van der Waals surface area (Å²) in [5.41, 5.74) is 0.158. The number of nitrogens with zero attached hydrogens (tertiary/aromatic N) is 2. The number of carbonyl (C=O) groups excluding carboxylic acids is 1. The fourth-order valence-corrected chi connectivity index (χ4v) is 2.93. The van der Waals surface area contributed by atoms with Gasteiger partial charge in [0, 0.05) is 12.5 Å². The molecule has 5 nitrogen and oxygen atoms in total. The Hall–Kier alpha value is -2.17. The van der Waals surface area contributed by atoms with Crippen molar-refractivity contribution >= 4 is 5.91 Å². The number of carbonyl (C=O) groups is 1. The van der Waals surface area contributed by atoms with E-state index < -0.39 is 5.54 Å². The number of hydrogen-bond donors (Lipinski definition) is 1. The number of aryl methyl sites for hydroxylation is 1. The molecular formula is C16H19N3O2. The molecule has 2 aromatic rings. The fraction of sp³-hybridized carbons (Fsp3) is 0.438. The van der Waals surface area contributed by atoms with Crippen LogP contribution in [-0.2, 0) is 5.54 Å². The third kappa shape index (κ3) is 2.82. The molecule has 0 bridgehead atoms. The van der Waals surface area contributed by atoms with E-state index in [0.717, 1.165) is 25.7 Å². The molecule has 0 radical (unpaired) electrons. The van der Waals surface area contributed by atoms with Crippen molar-refractivity contribution in [1.29, 1.82) is 0 Å². The molecule has 0 aliphatic heterocycles. The molecule has 0 spiro atoms. The smallest absolute Gasteiger partial charge is 0.252 e. The predicted molar refractivity (Wildman–Crippen MR) is 77.7 cm³/mol. The SMILES string of the molecule is Cc1nc(C2(NC(=O)c3ccccc3)CCCCC2)no1. The summed E-state index contributed by atoms with van der Waals surface area (Å²) in [5, 5.41) is 7.21. The van der Waals surface area contributed by atoms with Crippen molar-refractivity contribution in [2.24, 2.45) is 0 Å². The lowest BCUT2D eigenvalue weighted by molar-refractivity contribution is 0.0855. The summed E-state index contributed by atoms with van der Waals surface area (Å²) in [4.78, 5) is 16.9. The molecule has 1 aliphatic carbocycles. The van der Waals surface area contributed by atoms with Crippen LogP contribution in [0.2, 0.25) is 0 Å². The second-order valence-electron chi connectivity index (χ2n) is 5.60. The number of benzene rings is 1. The zero-order valence-corrected chi connectivity index (χ0v) is 12.1. The molecule has 1 saturated carbocycles. The Labute approximate surface area is 123 Å². The van der Waals surface area contributed by atoms with Gasteiger partial charge in [-0.3, -0.25) is 4.79 Å². The van der Waals surface area contributed by atoms with Crippen molar-refractivity contribution in [3.63, 3.8) is 0 Å². The molecule has 0 saturated heterocycles. The average Bonchev–Trinajstić information content (AvgIpc) is 2.96. The Morgan fingerprint density at radius 3 is 2.52 bits per heavy atom. The van der Waals surface area contributed by atoms with Gasteiger partial charge in [-0.1, -0.05) is 42.6 Å². The van der Waals surface area contributed by atoms with Gasteiger partial charge in [0.1, 0.15) is 5.54 Å². The second-order valence-corrected chi connectivity index (χ2v) is 5.60. The minimum absolute atomic E-state index is 0.0834. The first-order valence-corrected chi connectivity index (χ1v) is 7.38. The van der Waals surface area contributed by atoms with Gasteiger partial charge in [0.25, 0.3) is 5.91 Å². The van der Waals surface area contributed by atoms with Crippen molar-refractivity contribution in [3.8, 4) is 0 Å². The molecule has 21 heavy (non-hydrogen) atoms. The zero-order chi connectivity index (χ0) is 14.7. The quantitative estimate of drug-likeness (QED) is 0.941. The van der Waals surface area contributed by atoms with E-state index in [1.807, 2.05) is 30.3 Å². The predicted octanol–water partition coefficient (Wildman–Crippen LogP) is 2.97. The molecule has 1 amide bonds. The molecule has 110 valence electrons. The van der Waals surface area contributed by atoms with Crippen molar-refractivity contribution in [2.45, 2.75) is 44.6 Å². The van der Waals surface area contributed by atoms with Crippen LogP contribution in [0.3, 0.4) is 0 Å². The van der Waals surface area contributed by atoms with Gasteiger partial charge in [0.05, 0.1) is 0 Å². The minimum Gasteiger partial charge on any atom is -0.340 e. The molecule has 1 fully saturated rings. The van der Waals surface area contributed by atoms with Crippen molar-refractivity contribution in [3.05, 3.63) is 47.6 Å². The molecule has 1 aromatic carbocycles. The molecule has 0 unspecified atom stereocenters. The van der Waals surface area contributed by atoms with E-state index in [2.05, 4.69) is 15.5 Å². The van der Waals surface area contributed by atoms with Gasteiger partial charge in [-0.25, -0.2) is 0 Å². The summed E-state index contributed by atoms with van der Waals surface area (Å²) in [6, 6.07) is 9.25. The Kier molecular flexibility index (Phi) is 3.73. The molecule has 1 heterocycles. The Balaban J connectivity index is 1.88. The highest BCUT2D eigenvalue weighted by Crippen LogP contribution is 2.35. The minimum atomic E-state index is -0.497. The van der Waals surface area contributed by atoms with E-state index in [4.69, 9.17) is 4.52 Å². The highest BCUT2D eigenvalue weighted by atomic mass is 16.5. The Morgan fingerprint density at radius 2 is 1.90 bits per heavy atom. The van der Waals surface area contributed by atoms with E-state index in [9.17, 15) is 4.79 Å². The van der Waals surface area contributed by atoms with Gasteiger partial charge in [-0.05, 0) is 25.0 Å². The van der Waals surface area contributed by atoms with E-state index in [1.165, 1.54) is 6.42 Å². The molecule has 1 aromatic heterocycles. The first kappa shape index (κ1) is 13.8. The van der Waals surface area contributed by atoms with Gasteiger partial charge >= 0.3 is 0 Å². The maximum absolute atomic E-state index is 12.5. The van der Waals surface area contributed by atoms with E-state index in [1.54, 1.807) is 6.92 Å². The number of aromatic nitrogens is 2. The van der Waals surface area contributed by atoms with Crippen LogP contribution in [0.4, 0.5) is 0 Å². The standard InChI is InChI=1S/C16H19N3O2/c1-12-17-15(19-21-12)16(10-6-3-7-11-16)18-14(20)13-8-4-2-5-9-13/h2,4-5,8-9H,3,6-7,10-11H2,1H3,(H,18,20). The van der Waals surface area contributed by atoms with Crippen LogP contribution in [0.25, 0.3) is 0 Å². The number of rotatable bonds is 3. The van der Waals surface area contributed by atoms with Gasteiger partial charge in [-0.15, -0.1) is 0 Å². The molecule has 1 N–H and O–H groups in total. The Morgan fingerprint density at radius 1 is 1.19 bits per heavy atom. The zero-order valence-electron chi connectivity index (χ0n) is 12.1. The van der Waals surface area contributed by atoms with Crippen LogP contribution in [0, 0.1) is 6.92 Å². The lowest BCUT2D eigenvalue weighted by Gasteiger charge is -2.35. The topological polar surface area (TPSA) is 68.0 Å². The fourth-order valence-electron chi connectivity index (χ4n) is 2.93. The monoisotopic (exact) mass is 285 g/mol. The lowest BCUT2D eigenvalue weighted by atomic mass is 9.80.